The Morgan fingerprint density at radius 1 is 1.29 bits per heavy atom. The van der Waals surface area contributed by atoms with Crippen LogP contribution in [-0.2, 0) is 11.0 Å². The van der Waals surface area contributed by atoms with E-state index in [1.165, 1.54) is 18.2 Å². The van der Waals surface area contributed by atoms with Gasteiger partial charge in [0, 0.05) is 12.5 Å². The Bertz CT molecular complexity index is 710. The largest absolute Gasteiger partial charge is 0.418 e. The van der Waals surface area contributed by atoms with Gasteiger partial charge in [0.2, 0.25) is 5.91 Å². The minimum atomic E-state index is -4.51. The molecular formula is C16H19F3N4O. The molecule has 0 unspecified atom stereocenters. The lowest BCUT2D eigenvalue weighted by Crippen LogP contribution is -2.18. The first-order chi connectivity index (χ1) is 11.3. The molecule has 0 atom stereocenters. The summed E-state index contributed by atoms with van der Waals surface area (Å²) in [6, 6.07) is 6.68. The summed E-state index contributed by atoms with van der Waals surface area (Å²) in [4.78, 5) is 12.0. The molecule has 5 nitrogen and oxygen atoms in total. The summed E-state index contributed by atoms with van der Waals surface area (Å²) in [6.45, 7) is 2.34. The van der Waals surface area contributed by atoms with Gasteiger partial charge in [-0.2, -0.15) is 18.3 Å². The van der Waals surface area contributed by atoms with Crippen LogP contribution in [-0.4, -0.2) is 29.3 Å². The van der Waals surface area contributed by atoms with E-state index in [0.717, 1.165) is 10.7 Å². The number of benzene rings is 1. The van der Waals surface area contributed by atoms with Crippen molar-refractivity contribution < 1.29 is 18.0 Å². The zero-order valence-electron chi connectivity index (χ0n) is 13.4. The molecule has 0 radical (unpaired) electrons. The van der Waals surface area contributed by atoms with Crippen LogP contribution < -0.4 is 10.6 Å². The number of halogens is 3. The summed E-state index contributed by atoms with van der Waals surface area (Å²) >= 11 is 0. The number of rotatable bonds is 6. The number of anilines is 1. The molecule has 8 heteroatoms. The maximum atomic E-state index is 13.2. The van der Waals surface area contributed by atoms with E-state index in [9.17, 15) is 18.0 Å². The van der Waals surface area contributed by atoms with Crippen molar-refractivity contribution in [3.05, 3.63) is 41.6 Å². The Morgan fingerprint density at radius 2 is 2.00 bits per heavy atom. The van der Waals surface area contributed by atoms with Crippen LogP contribution in [0, 0.1) is 6.92 Å². The molecule has 0 saturated carbocycles. The van der Waals surface area contributed by atoms with Crippen LogP contribution in [0.1, 0.15) is 24.1 Å². The second kappa shape index (κ2) is 7.48. The molecule has 0 aliphatic rings. The number of nitrogens with one attached hydrogen (secondary N) is 2. The van der Waals surface area contributed by atoms with Crippen LogP contribution in [0.2, 0.25) is 0 Å². The van der Waals surface area contributed by atoms with Crippen LogP contribution >= 0.6 is 0 Å². The number of amides is 1. The van der Waals surface area contributed by atoms with E-state index in [4.69, 9.17) is 0 Å². The first-order valence-corrected chi connectivity index (χ1v) is 7.50. The summed E-state index contributed by atoms with van der Waals surface area (Å²) in [5, 5.41) is 9.66. The van der Waals surface area contributed by atoms with E-state index in [0.29, 0.717) is 18.7 Å². The number of hydrogen-bond donors (Lipinski definition) is 2. The Labute approximate surface area is 137 Å². The molecule has 0 saturated heterocycles. The molecule has 0 aliphatic heterocycles. The second-order valence-electron chi connectivity index (χ2n) is 5.35. The fourth-order valence-corrected chi connectivity index (χ4v) is 2.30. The lowest BCUT2D eigenvalue weighted by Gasteiger charge is -2.15. The van der Waals surface area contributed by atoms with E-state index in [2.05, 4.69) is 15.7 Å². The Morgan fingerprint density at radius 3 is 2.67 bits per heavy atom. The molecule has 0 fully saturated rings. The fraction of sp³-hybridized carbons (Fsp3) is 0.375. The number of carbonyl (C=O) groups is 1. The third kappa shape index (κ3) is 4.35. The van der Waals surface area contributed by atoms with Crippen molar-refractivity contribution in [2.45, 2.75) is 25.9 Å². The average Bonchev–Trinajstić information content (AvgIpc) is 2.87. The van der Waals surface area contributed by atoms with Crippen molar-refractivity contribution in [3.8, 4) is 5.69 Å². The van der Waals surface area contributed by atoms with Gasteiger partial charge in [0.15, 0.2) is 0 Å². The van der Waals surface area contributed by atoms with Crippen LogP contribution in [0.4, 0.5) is 19.0 Å². The number of alkyl halides is 3. The summed E-state index contributed by atoms with van der Waals surface area (Å²) in [7, 11) is 1.78. The van der Waals surface area contributed by atoms with E-state index in [1.54, 1.807) is 20.0 Å². The molecule has 1 heterocycles. The van der Waals surface area contributed by atoms with Crippen molar-refractivity contribution in [1.29, 1.82) is 0 Å². The number of aromatic nitrogens is 2. The number of aryl methyl sites for hydroxylation is 1. The Balaban J connectivity index is 2.32. The van der Waals surface area contributed by atoms with Gasteiger partial charge in [-0.15, -0.1) is 0 Å². The maximum absolute atomic E-state index is 13.2. The van der Waals surface area contributed by atoms with Crippen molar-refractivity contribution in [3.63, 3.8) is 0 Å². The molecule has 1 aromatic heterocycles. The van der Waals surface area contributed by atoms with E-state index < -0.39 is 11.7 Å². The highest BCUT2D eigenvalue weighted by molar-refractivity contribution is 5.90. The van der Waals surface area contributed by atoms with Gasteiger partial charge in [0.1, 0.15) is 5.82 Å². The normalized spacial score (nSPS) is 11.5. The fourth-order valence-electron chi connectivity index (χ4n) is 2.30. The first kappa shape index (κ1) is 18.0. The maximum Gasteiger partial charge on any atom is 0.418 e. The predicted molar refractivity (Wildman–Crippen MR) is 85.1 cm³/mol. The van der Waals surface area contributed by atoms with Crippen LogP contribution in [0.5, 0.6) is 0 Å². The number of nitrogens with zero attached hydrogens (tertiary/aromatic N) is 2. The highest BCUT2D eigenvalue weighted by atomic mass is 19.4. The van der Waals surface area contributed by atoms with E-state index >= 15 is 0 Å². The SMILES string of the molecule is CNCCCC(=O)Nc1cc(C)nn1-c1ccccc1C(F)(F)F. The predicted octanol–water partition coefficient (Wildman–Crippen LogP) is 3.14. The molecule has 1 amide bonds. The van der Waals surface area contributed by atoms with Gasteiger partial charge in [0.05, 0.1) is 16.9 Å². The topological polar surface area (TPSA) is 59.0 Å². The molecule has 1 aromatic carbocycles. The lowest BCUT2D eigenvalue weighted by atomic mass is 10.1. The third-order valence-electron chi connectivity index (χ3n) is 3.37. The van der Waals surface area contributed by atoms with E-state index in [1.807, 2.05) is 0 Å². The van der Waals surface area contributed by atoms with Gasteiger partial charge in [-0.05, 0) is 39.1 Å². The molecule has 0 aliphatic carbocycles. The minimum Gasteiger partial charge on any atom is -0.320 e. The van der Waals surface area contributed by atoms with Crippen molar-refractivity contribution in [1.82, 2.24) is 15.1 Å². The van der Waals surface area contributed by atoms with Crippen molar-refractivity contribution in [2.24, 2.45) is 0 Å². The summed E-state index contributed by atoms with van der Waals surface area (Å²) < 4.78 is 40.7. The Kier molecular flexibility index (Phi) is 5.61. The number of para-hydroxylation sites is 1. The van der Waals surface area contributed by atoms with Gasteiger partial charge < -0.3 is 10.6 Å². The molecule has 0 spiro atoms. The molecular weight excluding hydrogens is 321 g/mol. The summed E-state index contributed by atoms with van der Waals surface area (Å²) in [5.41, 5.74) is -0.417. The van der Waals surface area contributed by atoms with Crippen molar-refractivity contribution in [2.75, 3.05) is 18.9 Å². The molecule has 2 N–H and O–H groups in total. The molecule has 2 rings (SSSR count). The van der Waals surface area contributed by atoms with E-state index in [-0.39, 0.29) is 23.8 Å². The van der Waals surface area contributed by atoms with Gasteiger partial charge in [-0.25, -0.2) is 4.68 Å². The molecule has 0 bridgehead atoms. The molecule has 2 aromatic rings. The summed E-state index contributed by atoms with van der Waals surface area (Å²) in [5.74, 6) is -0.0467. The van der Waals surface area contributed by atoms with Gasteiger partial charge in [0.25, 0.3) is 0 Å². The number of carbonyl (C=O) groups excluding carboxylic acids is 1. The number of hydrogen-bond acceptors (Lipinski definition) is 3. The minimum absolute atomic E-state index is 0.122. The lowest BCUT2D eigenvalue weighted by molar-refractivity contribution is -0.137. The van der Waals surface area contributed by atoms with Gasteiger partial charge >= 0.3 is 6.18 Å². The quantitative estimate of drug-likeness (QED) is 0.794. The standard InChI is InChI=1S/C16H19F3N4O/c1-11-10-14(21-15(24)8-5-9-20-2)23(22-11)13-7-4-3-6-12(13)16(17,18)19/h3-4,6-7,10,20H,5,8-9H2,1-2H3,(H,21,24). The Hall–Kier alpha value is -2.35. The average molecular weight is 340 g/mol. The summed E-state index contributed by atoms with van der Waals surface area (Å²) in [6.07, 6.45) is -3.61. The highest BCUT2D eigenvalue weighted by Gasteiger charge is 2.34. The molecule has 24 heavy (non-hydrogen) atoms. The highest BCUT2D eigenvalue weighted by Crippen LogP contribution is 2.34. The van der Waals surface area contributed by atoms with Gasteiger partial charge in [-0.3, -0.25) is 4.79 Å². The van der Waals surface area contributed by atoms with Crippen LogP contribution in [0.25, 0.3) is 5.69 Å². The van der Waals surface area contributed by atoms with Crippen molar-refractivity contribution >= 4 is 11.7 Å². The first-order valence-electron chi connectivity index (χ1n) is 7.50. The molecule has 130 valence electrons. The zero-order chi connectivity index (χ0) is 17.7. The smallest absolute Gasteiger partial charge is 0.320 e. The second-order valence-corrected chi connectivity index (χ2v) is 5.35. The third-order valence-corrected chi connectivity index (χ3v) is 3.37. The zero-order valence-corrected chi connectivity index (χ0v) is 13.4. The van der Waals surface area contributed by atoms with Crippen LogP contribution in [0.3, 0.4) is 0 Å². The van der Waals surface area contributed by atoms with Gasteiger partial charge in [-0.1, -0.05) is 12.1 Å². The van der Waals surface area contributed by atoms with Crippen LogP contribution in [0.15, 0.2) is 30.3 Å². The monoisotopic (exact) mass is 340 g/mol.